The van der Waals surface area contributed by atoms with Gasteiger partial charge in [0.1, 0.15) is 46.1 Å². The Kier molecular flexibility index (Phi) is 14.7. The third-order valence-corrected chi connectivity index (χ3v) is 21.1. The second-order valence-electron chi connectivity index (χ2n) is 26.3. The van der Waals surface area contributed by atoms with Gasteiger partial charge in [0.15, 0.2) is 0 Å². The van der Waals surface area contributed by atoms with Gasteiger partial charge in [-0.15, -0.1) is 0 Å². The largest absolute Gasteiger partial charge is 0.497 e. The van der Waals surface area contributed by atoms with Crippen molar-refractivity contribution in [3.8, 4) is 67.9 Å². The van der Waals surface area contributed by atoms with Crippen molar-refractivity contribution in [1.82, 2.24) is 0 Å². The molecule has 14 aromatic carbocycles. The molecule has 2 atom stereocenters. The van der Waals surface area contributed by atoms with Gasteiger partial charge in [-0.2, -0.15) is 0 Å². The molecule has 0 amide bonds. The fourth-order valence-corrected chi connectivity index (χ4v) is 16.1. The van der Waals surface area contributed by atoms with E-state index in [0.717, 1.165) is 161 Å². The maximum Gasteiger partial charge on any atom is 0.127 e. The monoisotopic (exact) mass is 1300 g/mol. The molecule has 100 heavy (non-hydrogen) atoms. The molecule has 0 aliphatic heterocycles. The van der Waals surface area contributed by atoms with Crippen LogP contribution in [0.15, 0.2) is 315 Å². The van der Waals surface area contributed by atoms with Gasteiger partial charge in [-0.1, -0.05) is 158 Å². The number of methoxy groups -OCH3 is 2. The Balaban J connectivity index is 0.709. The Bertz CT molecular complexity index is 5140. The van der Waals surface area contributed by atoms with E-state index in [2.05, 4.69) is 252 Å². The Morgan fingerprint density at radius 3 is 0.940 bits per heavy atom. The number of hydrogen-bond donors (Lipinski definition) is 0. The molecule has 0 radical (unpaired) electrons. The van der Waals surface area contributed by atoms with Crippen molar-refractivity contribution >= 4 is 34.1 Å². The summed E-state index contributed by atoms with van der Waals surface area (Å²) in [6.07, 6.45) is 4.38. The molecule has 4 aliphatic rings. The van der Waals surface area contributed by atoms with Crippen molar-refractivity contribution in [1.29, 1.82) is 0 Å². The van der Waals surface area contributed by atoms with Crippen LogP contribution in [-0.4, -0.2) is 14.2 Å². The van der Waals surface area contributed by atoms with Gasteiger partial charge in [-0.3, -0.25) is 0 Å². The Labute approximate surface area is 580 Å². The van der Waals surface area contributed by atoms with Crippen molar-refractivity contribution in [2.24, 2.45) is 0 Å². The molecule has 2 unspecified atom stereocenters. The predicted octanol–water partition coefficient (Wildman–Crippen LogP) is 23.1. The van der Waals surface area contributed by atoms with E-state index in [-0.39, 0.29) is 11.6 Å². The van der Waals surface area contributed by atoms with Crippen LogP contribution in [0.25, 0.3) is 33.4 Å². The topological polar surface area (TPSA) is 43.4 Å². The van der Waals surface area contributed by atoms with Gasteiger partial charge in [-0.25, -0.2) is 8.78 Å². The first-order chi connectivity index (χ1) is 49.2. The van der Waals surface area contributed by atoms with Gasteiger partial charge in [0.2, 0.25) is 0 Å². The molecule has 4 aliphatic carbocycles. The van der Waals surface area contributed by atoms with Crippen molar-refractivity contribution in [2.75, 3.05) is 24.0 Å². The van der Waals surface area contributed by atoms with E-state index in [4.69, 9.17) is 18.9 Å². The van der Waals surface area contributed by atoms with E-state index in [1.807, 2.05) is 36.4 Å². The van der Waals surface area contributed by atoms with Crippen molar-refractivity contribution in [3.63, 3.8) is 0 Å². The van der Waals surface area contributed by atoms with Crippen LogP contribution in [0.4, 0.5) is 42.9 Å². The number of benzene rings is 14. The van der Waals surface area contributed by atoms with E-state index >= 15 is 8.78 Å². The van der Waals surface area contributed by atoms with E-state index in [1.54, 1.807) is 38.5 Å². The third kappa shape index (κ3) is 10.0. The lowest BCUT2D eigenvalue weighted by atomic mass is 9.67. The summed E-state index contributed by atoms with van der Waals surface area (Å²) in [7, 11) is 3.39. The van der Waals surface area contributed by atoms with E-state index in [9.17, 15) is 0 Å². The van der Waals surface area contributed by atoms with Crippen LogP contribution < -0.4 is 28.7 Å². The summed E-state index contributed by atoms with van der Waals surface area (Å²) in [5, 5.41) is 0. The molecule has 14 aromatic rings. The number of nitrogens with zero attached hydrogens (tertiary/aromatic N) is 2. The Morgan fingerprint density at radius 1 is 0.260 bits per heavy atom. The maximum atomic E-state index is 15.7. The molecule has 0 N–H and O–H groups in total. The highest BCUT2D eigenvalue weighted by molar-refractivity contribution is 5.92. The van der Waals surface area contributed by atoms with Crippen LogP contribution in [0.2, 0.25) is 0 Å². The summed E-state index contributed by atoms with van der Waals surface area (Å²) in [4.78, 5) is 4.27. The van der Waals surface area contributed by atoms with Crippen LogP contribution in [0.1, 0.15) is 66.8 Å². The molecule has 6 nitrogen and oxygen atoms in total. The molecule has 0 fully saturated rings. The molecular weight excluding hydrogens is 1240 g/mol. The number of rotatable bonds is 17. The van der Waals surface area contributed by atoms with Crippen LogP contribution in [0.5, 0.6) is 34.5 Å². The van der Waals surface area contributed by atoms with E-state index in [1.165, 1.54) is 34.4 Å². The van der Waals surface area contributed by atoms with Gasteiger partial charge >= 0.3 is 0 Å². The minimum atomic E-state index is -0.781. The fourth-order valence-electron chi connectivity index (χ4n) is 16.1. The zero-order valence-electron chi connectivity index (χ0n) is 55.1. The zero-order chi connectivity index (χ0) is 67.1. The summed E-state index contributed by atoms with van der Waals surface area (Å²) in [5.41, 5.74) is 23.9. The second kappa shape index (κ2) is 24.4. The maximum absolute atomic E-state index is 15.7. The first kappa shape index (κ1) is 60.2. The van der Waals surface area contributed by atoms with Crippen LogP contribution >= 0.6 is 0 Å². The molecule has 0 bridgehead atoms. The van der Waals surface area contributed by atoms with Gasteiger partial charge in [0.25, 0.3) is 0 Å². The van der Waals surface area contributed by atoms with Gasteiger partial charge in [0.05, 0.1) is 25.0 Å². The first-order valence-electron chi connectivity index (χ1n) is 34.1. The molecule has 18 rings (SSSR count). The molecular formula is C92H66F2N2O4. The smallest absolute Gasteiger partial charge is 0.127 e. The SMILES string of the molecule is COc1ccc(C2(c3ccc(Oc4ccc5c(c4)CC5)cc3)c3ccccc3-c3ccc(N(c4ccc(-c5ccc(N(c6cccc(F)c6)c6ccc7c(c6)C(c6ccc(OC)cc6)(c6ccc(Oc8ccc9c(c8)CC9)cc6)c6ccccc6-7)cc5)cc4)c4cccc(F)c4)cc32)cc1. The normalized spacial score (nSPS) is 15.5. The highest BCUT2D eigenvalue weighted by atomic mass is 19.1. The third-order valence-electron chi connectivity index (χ3n) is 21.1. The predicted molar refractivity (Wildman–Crippen MR) is 397 cm³/mol. The number of aryl methyl sites for hydroxylation is 4. The summed E-state index contributed by atoms with van der Waals surface area (Å²) >= 11 is 0. The van der Waals surface area contributed by atoms with E-state index < -0.39 is 10.8 Å². The first-order valence-corrected chi connectivity index (χ1v) is 34.1. The van der Waals surface area contributed by atoms with Gasteiger partial charge in [-0.05, 0) is 284 Å². The molecule has 0 spiro atoms. The van der Waals surface area contributed by atoms with Crippen molar-refractivity contribution in [3.05, 3.63) is 394 Å². The number of ether oxygens (including phenoxy) is 4. The average Bonchev–Trinajstić information content (AvgIpc) is 1.52. The lowest BCUT2D eigenvalue weighted by molar-refractivity contribution is 0.414. The number of halogens is 2. The zero-order valence-corrected chi connectivity index (χ0v) is 55.1. The number of anilines is 6. The standard InChI is InChI=1S/C92H66F2N2O4/c1-97-77-43-27-65(28-44-77)91(67-31-47-79(48-32-67)99-81-41-25-61-17-19-63(61)53-81)87-15-5-3-13-83(87)85-51-39-75(57-89(85)91)95(73-11-7-9-69(93)55-73)71-35-21-59(22-36-71)60-23-37-72(38-24-60)96(74-12-8-10-70(94)56-74)76-40-52-86-84-14-4-6-16-88(84)92(90(86)58-76,66-29-45-78(98-2)46-30-66)68-33-49-80(50-34-68)100-82-42-26-62-18-20-64(62)54-82/h3-16,21-58H,17-20H2,1-2H3. The Morgan fingerprint density at radius 2 is 0.590 bits per heavy atom. The molecule has 0 aromatic heterocycles. The quantitative estimate of drug-likeness (QED) is 0.0905. The van der Waals surface area contributed by atoms with Crippen molar-refractivity contribution < 1.29 is 27.7 Å². The highest BCUT2D eigenvalue weighted by Crippen LogP contribution is 2.60. The minimum absolute atomic E-state index is 0.340. The summed E-state index contributed by atoms with van der Waals surface area (Å²) in [5.74, 6) is 4.02. The lowest BCUT2D eigenvalue weighted by Crippen LogP contribution is -2.28. The van der Waals surface area contributed by atoms with E-state index in [0.29, 0.717) is 11.4 Å². The second-order valence-corrected chi connectivity index (χ2v) is 26.3. The van der Waals surface area contributed by atoms with Crippen LogP contribution in [-0.2, 0) is 36.5 Å². The minimum Gasteiger partial charge on any atom is -0.497 e. The molecule has 0 saturated heterocycles. The van der Waals surface area contributed by atoms with Crippen LogP contribution in [0.3, 0.4) is 0 Å². The molecule has 8 heteroatoms. The summed E-state index contributed by atoms with van der Waals surface area (Å²) in [6, 6.07) is 108. The molecule has 0 heterocycles. The van der Waals surface area contributed by atoms with Gasteiger partial charge in [0, 0.05) is 34.1 Å². The fraction of sp³-hybridized carbons (Fsp3) is 0.0870. The Hall–Kier alpha value is -12.3. The highest BCUT2D eigenvalue weighted by Gasteiger charge is 2.48. The summed E-state index contributed by atoms with van der Waals surface area (Å²) < 4.78 is 56.0. The summed E-state index contributed by atoms with van der Waals surface area (Å²) in [6.45, 7) is 0. The lowest BCUT2D eigenvalue weighted by Gasteiger charge is -2.35. The molecule has 482 valence electrons. The van der Waals surface area contributed by atoms with Gasteiger partial charge < -0.3 is 28.7 Å². The van der Waals surface area contributed by atoms with Crippen molar-refractivity contribution in [2.45, 2.75) is 36.5 Å². The number of hydrogen-bond acceptors (Lipinski definition) is 6. The van der Waals surface area contributed by atoms with Crippen LogP contribution in [0, 0.1) is 11.6 Å². The molecule has 0 saturated carbocycles. The number of fused-ring (bicyclic) bond motifs is 8. The average molecular weight is 1300 g/mol.